The maximum Gasteiger partial charge on any atom is 0.253 e. The molecule has 218 valence electrons. The number of anilines is 1. The molecule has 3 amide bonds. The van der Waals surface area contributed by atoms with Crippen molar-refractivity contribution in [3.8, 4) is 0 Å². The summed E-state index contributed by atoms with van der Waals surface area (Å²) in [6, 6.07) is 5.04. The lowest BCUT2D eigenvalue weighted by molar-refractivity contribution is -0.144. The van der Waals surface area contributed by atoms with Crippen molar-refractivity contribution in [2.24, 2.45) is 11.8 Å². The molecule has 9 heteroatoms. The van der Waals surface area contributed by atoms with Gasteiger partial charge in [0.15, 0.2) is 0 Å². The Kier molecular flexibility index (Phi) is 9.58. The van der Waals surface area contributed by atoms with Crippen molar-refractivity contribution in [3.63, 3.8) is 0 Å². The summed E-state index contributed by atoms with van der Waals surface area (Å²) < 4.78 is 6.67. The molecule has 0 aromatic heterocycles. The predicted octanol–water partition coefficient (Wildman–Crippen LogP) is 3.77. The Hall–Kier alpha value is -2.49. The van der Waals surface area contributed by atoms with Crippen LogP contribution < -0.4 is 4.90 Å². The number of likely N-dealkylation sites (N-methyl/N-ethyl adjacent to an activating group) is 1. The molecule has 2 bridgehead atoms. The largest absolute Gasteiger partial charge is 0.396 e. The number of nitrogens with zero attached hydrogens (tertiary/aromatic N) is 3. The van der Waals surface area contributed by atoms with Gasteiger partial charge in [-0.25, -0.2) is 0 Å². The van der Waals surface area contributed by atoms with Gasteiger partial charge in [-0.15, -0.1) is 13.2 Å². The number of amides is 3. The molecule has 4 rings (SSSR count). The second-order valence-electron chi connectivity index (χ2n) is 11.3. The minimum Gasteiger partial charge on any atom is -0.396 e. The van der Waals surface area contributed by atoms with Crippen molar-refractivity contribution < 1.29 is 24.2 Å². The first-order valence-corrected chi connectivity index (χ1v) is 15.1. The number of aliphatic hydroxyl groups excluding tert-OH is 1. The topological polar surface area (TPSA) is 90.4 Å². The van der Waals surface area contributed by atoms with E-state index in [0.717, 1.165) is 29.7 Å². The summed E-state index contributed by atoms with van der Waals surface area (Å²) in [4.78, 5) is 47.5. The maximum absolute atomic E-state index is 14.7. The van der Waals surface area contributed by atoms with Gasteiger partial charge in [0.2, 0.25) is 11.8 Å². The second-order valence-corrected chi connectivity index (χ2v) is 12.5. The van der Waals surface area contributed by atoms with Crippen molar-refractivity contribution in [1.82, 2.24) is 9.80 Å². The SMILES string of the molecule is C=CCN(C)C(=O)[C@H]1[C@H]2C(=O)N(CCCCCCO)C(C(=O)N(CC=C)c3c(C)cccc3C)C23CC(Br)[C@@H]1O3. The molecule has 3 heterocycles. The van der Waals surface area contributed by atoms with Crippen LogP contribution in [0.25, 0.3) is 0 Å². The van der Waals surface area contributed by atoms with Gasteiger partial charge >= 0.3 is 0 Å². The maximum atomic E-state index is 14.7. The molecule has 3 saturated heterocycles. The normalized spacial score (nSPS) is 28.5. The van der Waals surface area contributed by atoms with Crippen molar-refractivity contribution in [3.05, 3.63) is 54.6 Å². The van der Waals surface area contributed by atoms with Gasteiger partial charge in [0.05, 0.1) is 17.9 Å². The van der Waals surface area contributed by atoms with Crippen LogP contribution in [0.3, 0.4) is 0 Å². The van der Waals surface area contributed by atoms with Gasteiger partial charge < -0.3 is 24.5 Å². The molecule has 0 aliphatic carbocycles. The van der Waals surface area contributed by atoms with E-state index >= 15 is 0 Å². The number of likely N-dealkylation sites (tertiary alicyclic amines) is 1. The van der Waals surface area contributed by atoms with E-state index < -0.39 is 29.6 Å². The number of unbranched alkanes of at least 4 members (excludes halogenated alkanes) is 3. The number of carbonyl (C=O) groups is 3. The highest BCUT2D eigenvalue weighted by molar-refractivity contribution is 9.09. The smallest absolute Gasteiger partial charge is 0.253 e. The Morgan fingerprint density at radius 2 is 1.77 bits per heavy atom. The van der Waals surface area contributed by atoms with E-state index in [0.29, 0.717) is 32.4 Å². The summed E-state index contributed by atoms with van der Waals surface area (Å²) >= 11 is 3.75. The fourth-order valence-electron chi connectivity index (χ4n) is 7.02. The first-order chi connectivity index (χ1) is 19.1. The van der Waals surface area contributed by atoms with E-state index in [1.165, 1.54) is 0 Å². The molecule has 0 radical (unpaired) electrons. The van der Waals surface area contributed by atoms with E-state index in [1.54, 1.807) is 33.9 Å². The third kappa shape index (κ3) is 5.16. The van der Waals surface area contributed by atoms with Gasteiger partial charge in [-0.1, -0.05) is 59.1 Å². The quantitative estimate of drug-likeness (QED) is 0.207. The number of hydrogen-bond acceptors (Lipinski definition) is 5. The van der Waals surface area contributed by atoms with Crippen molar-refractivity contribution >= 4 is 39.3 Å². The summed E-state index contributed by atoms with van der Waals surface area (Å²) in [5.74, 6) is -1.98. The number of rotatable bonds is 13. The molecule has 3 fully saturated rings. The third-order valence-corrected chi connectivity index (χ3v) is 9.53. The molecule has 3 unspecified atom stereocenters. The standard InChI is InChI=1S/C31H42BrN3O5/c1-6-15-33(5)28(37)23-24-29(38)35(17-10-8-9-11-18-36)27(31(24)19-22(32)26(23)40-31)30(39)34(16-7-2)25-20(3)13-12-14-21(25)4/h6-7,12-14,22-24,26-27,36H,1-2,8-11,15-19H2,3-5H3/t22?,23-,24-,26-,27?,31?/m0/s1. The van der Waals surface area contributed by atoms with E-state index in [-0.39, 0.29) is 35.7 Å². The Bertz CT molecular complexity index is 1140. The van der Waals surface area contributed by atoms with Gasteiger partial charge in [0.25, 0.3) is 5.91 Å². The van der Waals surface area contributed by atoms with Crippen LogP contribution in [0.4, 0.5) is 5.69 Å². The van der Waals surface area contributed by atoms with Gasteiger partial charge in [0, 0.05) is 43.8 Å². The molecule has 0 saturated carbocycles. The van der Waals surface area contributed by atoms with Crippen LogP contribution in [-0.2, 0) is 19.1 Å². The third-order valence-electron chi connectivity index (χ3n) is 8.68. The number of alkyl halides is 1. The van der Waals surface area contributed by atoms with Crippen LogP contribution >= 0.6 is 15.9 Å². The summed E-state index contributed by atoms with van der Waals surface area (Å²) in [7, 11) is 1.71. The molecule has 1 aromatic rings. The van der Waals surface area contributed by atoms with Gasteiger partial charge in [-0.3, -0.25) is 14.4 Å². The molecule has 1 aromatic carbocycles. The summed E-state index contributed by atoms with van der Waals surface area (Å²) in [5.41, 5.74) is 1.61. The lowest BCUT2D eigenvalue weighted by Gasteiger charge is -2.38. The molecule has 6 atom stereocenters. The number of benzene rings is 1. The van der Waals surface area contributed by atoms with Crippen LogP contribution in [0.2, 0.25) is 0 Å². The molecule has 3 aliphatic rings. The average molecular weight is 617 g/mol. The Labute approximate surface area is 246 Å². The Balaban J connectivity index is 1.77. The highest BCUT2D eigenvalue weighted by Gasteiger charge is 2.76. The number of hydrogen-bond donors (Lipinski definition) is 1. The zero-order valence-corrected chi connectivity index (χ0v) is 25.4. The highest BCUT2D eigenvalue weighted by Crippen LogP contribution is 2.60. The minimum absolute atomic E-state index is 0.130. The summed E-state index contributed by atoms with van der Waals surface area (Å²) in [6.45, 7) is 12.8. The van der Waals surface area contributed by atoms with E-state index in [4.69, 9.17) is 4.74 Å². The molecule has 1 spiro atoms. The fourth-order valence-corrected chi connectivity index (χ4v) is 7.96. The van der Waals surface area contributed by atoms with Crippen LogP contribution in [0.5, 0.6) is 0 Å². The molecular formula is C31H42BrN3O5. The fraction of sp³-hybridized carbons (Fsp3) is 0.581. The number of aryl methyl sites for hydroxylation is 2. The number of fused-ring (bicyclic) bond motifs is 1. The molecule has 3 aliphatic heterocycles. The number of aliphatic hydroxyl groups is 1. The number of ether oxygens (including phenoxy) is 1. The number of carbonyl (C=O) groups excluding carboxylic acids is 3. The van der Waals surface area contributed by atoms with Crippen LogP contribution in [0, 0.1) is 25.7 Å². The van der Waals surface area contributed by atoms with Gasteiger partial charge in [0.1, 0.15) is 11.6 Å². The lowest BCUT2D eigenvalue weighted by Crippen LogP contribution is -2.57. The van der Waals surface area contributed by atoms with Crippen LogP contribution in [0.1, 0.15) is 43.2 Å². The first-order valence-electron chi connectivity index (χ1n) is 14.2. The number of para-hydroxylation sites is 1. The molecule has 1 N–H and O–H groups in total. The van der Waals surface area contributed by atoms with Crippen molar-refractivity contribution in [2.45, 2.75) is 68.5 Å². The molecule has 40 heavy (non-hydrogen) atoms. The lowest BCUT2D eigenvalue weighted by atomic mass is 9.70. The zero-order chi connectivity index (χ0) is 29.2. The number of halogens is 1. The van der Waals surface area contributed by atoms with E-state index in [9.17, 15) is 19.5 Å². The first kappa shape index (κ1) is 30.5. The van der Waals surface area contributed by atoms with Crippen molar-refractivity contribution in [1.29, 1.82) is 0 Å². The van der Waals surface area contributed by atoms with Gasteiger partial charge in [-0.05, 0) is 44.2 Å². The molecular weight excluding hydrogens is 574 g/mol. The average Bonchev–Trinajstić information content (AvgIpc) is 3.50. The highest BCUT2D eigenvalue weighted by atomic mass is 79.9. The monoisotopic (exact) mass is 615 g/mol. The van der Waals surface area contributed by atoms with E-state index in [1.807, 2.05) is 32.0 Å². The Morgan fingerprint density at radius 1 is 1.12 bits per heavy atom. The van der Waals surface area contributed by atoms with Crippen molar-refractivity contribution in [2.75, 3.05) is 38.2 Å². The van der Waals surface area contributed by atoms with Gasteiger partial charge in [-0.2, -0.15) is 0 Å². The minimum atomic E-state index is -1.11. The molecule has 8 nitrogen and oxygen atoms in total. The summed E-state index contributed by atoms with van der Waals surface area (Å²) in [5, 5.41) is 9.18. The van der Waals surface area contributed by atoms with Crippen LogP contribution in [-0.4, -0.2) is 88.5 Å². The summed E-state index contributed by atoms with van der Waals surface area (Å²) in [6.07, 6.45) is 6.39. The zero-order valence-electron chi connectivity index (χ0n) is 23.9. The van der Waals surface area contributed by atoms with Crippen LogP contribution in [0.15, 0.2) is 43.5 Å². The Morgan fingerprint density at radius 3 is 2.40 bits per heavy atom. The second kappa shape index (κ2) is 12.6. The van der Waals surface area contributed by atoms with E-state index in [2.05, 4.69) is 29.1 Å². The predicted molar refractivity (Wildman–Crippen MR) is 159 cm³/mol.